The summed E-state index contributed by atoms with van der Waals surface area (Å²) in [6.07, 6.45) is 0. The van der Waals surface area contributed by atoms with Gasteiger partial charge in [0.1, 0.15) is 0 Å². The second-order valence-corrected chi connectivity index (χ2v) is 6.12. The van der Waals surface area contributed by atoms with Crippen molar-refractivity contribution in [3.8, 4) is 0 Å². The highest BCUT2D eigenvalue weighted by atomic mass is 16.2. The molecule has 1 saturated heterocycles. The first kappa shape index (κ1) is 17.2. The van der Waals surface area contributed by atoms with Gasteiger partial charge in [0.2, 0.25) is 0 Å². The van der Waals surface area contributed by atoms with Gasteiger partial charge in [0.05, 0.1) is 0 Å². The van der Waals surface area contributed by atoms with Crippen LogP contribution in [0.1, 0.15) is 27.6 Å². The average molecular weight is 337 g/mol. The summed E-state index contributed by atoms with van der Waals surface area (Å²) in [5.74, 6) is -0.105. The van der Waals surface area contributed by atoms with Crippen LogP contribution in [0.2, 0.25) is 0 Å². The van der Waals surface area contributed by atoms with Gasteiger partial charge >= 0.3 is 0 Å². The topological polar surface area (TPSA) is 52.6 Å². The lowest BCUT2D eigenvalue weighted by molar-refractivity contribution is 0.0643. The van der Waals surface area contributed by atoms with Crippen molar-refractivity contribution in [2.24, 2.45) is 0 Å². The van der Waals surface area contributed by atoms with Crippen molar-refractivity contribution in [1.29, 1.82) is 0 Å². The molecular formula is C20H23N3O2. The zero-order valence-electron chi connectivity index (χ0n) is 14.4. The monoisotopic (exact) mass is 337 g/mol. The molecule has 0 atom stereocenters. The number of benzene rings is 2. The Hall–Kier alpha value is -2.66. The van der Waals surface area contributed by atoms with E-state index in [9.17, 15) is 9.59 Å². The molecule has 0 radical (unpaired) electrons. The highest BCUT2D eigenvalue weighted by Crippen LogP contribution is 2.14. The largest absolute Gasteiger partial charge is 0.336 e. The molecule has 0 aromatic heterocycles. The summed E-state index contributed by atoms with van der Waals surface area (Å²) in [7, 11) is 0. The molecule has 5 heteroatoms. The summed E-state index contributed by atoms with van der Waals surface area (Å²) in [5.41, 5.74) is 1.94. The summed E-state index contributed by atoms with van der Waals surface area (Å²) in [5, 5.41) is 2.85. The van der Waals surface area contributed by atoms with E-state index in [0.29, 0.717) is 16.8 Å². The van der Waals surface area contributed by atoms with Crippen LogP contribution in [0, 0.1) is 0 Å². The first-order chi connectivity index (χ1) is 12.2. The van der Waals surface area contributed by atoms with Crippen LogP contribution >= 0.6 is 0 Å². The van der Waals surface area contributed by atoms with Crippen LogP contribution < -0.4 is 5.32 Å². The Bertz CT molecular complexity index is 720. The van der Waals surface area contributed by atoms with E-state index in [2.05, 4.69) is 17.1 Å². The van der Waals surface area contributed by atoms with Gasteiger partial charge in [-0.15, -0.1) is 0 Å². The summed E-state index contributed by atoms with van der Waals surface area (Å²) >= 11 is 0. The van der Waals surface area contributed by atoms with Gasteiger partial charge in [-0.05, 0) is 42.9 Å². The molecule has 1 aliphatic heterocycles. The van der Waals surface area contributed by atoms with Crippen LogP contribution in [0.15, 0.2) is 54.6 Å². The molecule has 5 nitrogen and oxygen atoms in total. The van der Waals surface area contributed by atoms with Gasteiger partial charge in [-0.1, -0.05) is 25.1 Å². The number of carbonyl (C=O) groups is 2. The molecule has 1 fully saturated rings. The van der Waals surface area contributed by atoms with Crippen LogP contribution in [0.5, 0.6) is 0 Å². The van der Waals surface area contributed by atoms with Crippen molar-refractivity contribution in [2.45, 2.75) is 6.92 Å². The van der Waals surface area contributed by atoms with E-state index < -0.39 is 0 Å². The molecule has 3 rings (SSSR count). The zero-order valence-corrected chi connectivity index (χ0v) is 14.4. The summed E-state index contributed by atoms with van der Waals surface area (Å²) in [6.45, 7) is 6.54. The lowest BCUT2D eigenvalue weighted by Gasteiger charge is -2.34. The molecule has 0 spiro atoms. The zero-order chi connectivity index (χ0) is 17.6. The molecule has 1 aliphatic rings. The fraction of sp³-hybridized carbons (Fsp3) is 0.300. The van der Waals surface area contributed by atoms with Gasteiger partial charge in [-0.3, -0.25) is 9.59 Å². The van der Waals surface area contributed by atoms with E-state index in [4.69, 9.17) is 0 Å². The van der Waals surface area contributed by atoms with Crippen LogP contribution in [-0.4, -0.2) is 54.3 Å². The van der Waals surface area contributed by atoms with Crippen molar-refractivity contribution in [3.63, 3.8) is 0 Å². The fourth-order valence-corrected chi connectivity index (χ4v) is 2.94. The van der Waals surface area contributed by atoms with E-state index in [1.54, 1.807) is 36.4 Å². The maximum absolute atomic E-state index is 12.6. The molecule has 0 aliphatic carbocycles. The summed E-state index contributed by atoms with van der Waals surface area (Å²) in [6, 6.07) is 16.2. The van der Waals surface area contributed by atoms with Crippen molar-refractivity contribution >= 4 is 17.5 Å². The van der Waals surface area contributed by atoms with Crippen LogP contribution in [0.25, 0.3) is 0 Å². The number of hydrogen-bond donors (Lipinski definition) is 1. The normalized spacial score (nSPS) is 15.0. The third-order valence-corrected chi connectivity index (χ3v) is 4.53. The Balaban J connectivity index is 1.60. The number of rotatable bonds is 4. The Labute approximate surface area is 148 Å². The van der Waals surface area contributed by atoms with Crippen LogP contribution in [0.3, 0.4) is 0 Å². The van der Waals surface area contributed by atoms with Gasteiger partial charge < -0.3 is 15.1 Å². The quantitative estimate of drug-likeness (QED) is 0.933. The molecule has 2 aromatic rings. The van der Waals surface area contributed by atoms with E-state index in [1.165, 1.54) is 0 Å². The molecule has 2 amide bonds. The number of hydrogen-bond acceptors (Lipinski definition) is 3. The lowest BCUT2D eigenvalue weighted by atomic mass is 10.1. The van der Waals surface area contributed by atoms with Gasteiger partial charge in [0.25, 0.3) is 11.8 Å². The minimum Gasteiger partial charge on any atom is -0.336 e. The highest BCUT2D eigenvalue weighted by molar-refractivity contribution is 6.04. The third kappa shape index (κ3) is 4.25. The molecule has 0 bridgehead atoms. The van der Waals surface area contributed by atoms with Gasteiger partial charge in [0.15, 0.2) is 0 Å². The van der Waals surface area contributed by atoms with Crippen molar-refractivity contribution in [1.82, 2.24) is 9.80 Å². The summed E-state index contributed by atoms with van der Waals surface area (Å²) in [4.78, 5) is 29.0. The molecule has 2 aromatic carbocycles. The number of anilines is 1. The molecular weight excluding hydrogens is 314 g/mol. The smallest absolute Gasteiger partial charge is 0.255 e. The third-order valence-electron chi connectivity index (χ3n) is 4.53. The number of likely N-dealkylation sites (N-methyl/N-ethyl adjacent to an activating group) is 1. The molecule has 0 saturated carbocycles. The van der Waals surface area contributed by atoms with E-state index in [-0.39, 0.29) is 11.8 Å². The van der Waals surface area contributed by atoms with Crippen molar-refractivity contribution in [3.05, 3.63) is 65.7 Å². The molecule has 1 heterocycles. The number of piperazine rings is 1. The Morgan fingerprint density at radius 1 is 0.880 bits per heavy atom. The minimum atomic E-state index is -0.157. The number of carbonyl (C=O) groups excluding carboxylic acids is 2. The molecule has 25 heavy (non-hydrogen) atoms. The van der Waals surface area contributed by atoms with Crippen molar-refractivity contribution < 1.29 is 9.59 Å². The number of amides is 2. The summed E-state index contributed by atoms with van der Waals surface area (Å²) < 4.78 is 0. The number of nitrogens with zero attached hydrogens (tertiary/aromatic N) is 2. The van der Waals surface area contributed by atoms with E-state index >= 15 is 0 Å². The number of nitrogens with one attached hydrogen (secondary N) is 1. The minimum absolute atomic E-state index is 0.0525. The highest BCUT2D eigenvalue weighted by Gasteiger charge is 2.21. The predicted molar refractivity (Wildman–Crippen MR) is 98.9 cm³/mol. The first-order valence-corrected chi connectivity index (χ1v) is 8.65. The lowest BCUT2D eigenvalue weighted by Crippen LogP contribution is -2.48. The van der Waals surface area contributed by atoms with Crippen LogP contribution in [0.4, 0.5) is 5.69 Å². The molecule has 130 valence electrons. The van der Waals surface area contributed by atoms with Gasteiger partial charge in [-0.25, -0.2) is 0 Å². The Morgan fingerprint density at radius 2 is 1.52 bits per heavy atom. The average Bonchev–Trinajstić information content (AvgIpc) is 2.69. The SMILES string of the molecule is CCN1CCN(C(=O)c2ccc(NC(=O)c3ccccc3)cc2)CC1. The Morgan fingerprint density at radius 3 is 2.12 bits per heavy atom. The van der Waals surface area contributed by atoms with Gasteiger partial charge in [0, 0.05) is 43.0 Å². The molecule has 1 N–H and O–H groups in total. The first-order valence-electron chi connectivity index (χ1n) is 8.65. The second-order valence-electron chi connectivity index (χ2n) is 6.12. The van der Waals surface area contributed by atoms with E-state index in [0.717, 1.165) is 32.7 Å². The standard InChI is InChI=1S/C20H23N3O2/c1-2-22-12-14-23(15-13-22)20(25)17-8-10-18(11-9-17)21-19(24)16-6-4-3-5-7-16/h3-11H,2,12-15H2,1H3,(H,21,24). The van der Waals surface area contributed by atoms with Crippen LogP contribution in [-0.2, 0) is 0 Å². The Kier molecular flexibility index (Phi) is 5.46. The fourth-order valence-electron chi connectivity index (χ4n) is 2.94. The molecule has 0 unspecified atom stereocenters. The van der Waals surface area contributed by atoms with Gasteiger partial charge in [-0.2, -0.15) is 0 Å². The van der Waals surface area contributed by atoms with Crippen molar-refractivity contribution in [2.75, 3.05) is 38.0 Å². The predicted octanol–water partition coefficient (Wildman–Crippen LogP) is 2.72. The van der Waals surface area contributed by atoms with E-state index in [1.807, 2.05) is 23.1 Å². The maximum Gasteiger partial charge on any atom is 0.255 e. The second kappa shape index (κ2) is 7.94. The maximum atomic E-state index is 12.6.